The number of hydrogen-bond acceptors (Lipinski definition) is 6. The number of amides is 1. The molecule has 0 radical (unpaired) electrons. The van der Waals surface area contributed by atoms with Crippen LogP contribution in [0.3, 0.4) is 0 Å². The molecule has 0 aromatic rings. The molecule has 0 aromatic carbocycles. The van der Waals surface area contributed by atoms with Gasteiger partial charge in [0.15, 0.2) is 0 Å². The first-order chi connectivity index (χ1) is 9.65. The normalized spacial score (nSPS) is 16.9. The van der Waals surface area contributed by atoms with Gasteiger partial charge in [0, 0.05) is 46.4 Å². The summed E-state index contributed by atoms with van der Waals surface area (Å²) in [6.45, 7) is 5.21. The van der Waals surface area contributed by atoms with Crippen LogP contribution >= 0.6 is 0 Å². The minimum atomic E-state index is -0.214. The van der Waals surface area contributed by atoms with Crippen molar-refractivity contribution in [3.05, 3.63) is 0 Å². The third-order valence-electron chi connectivity index (χ3n) is 3.26. The number of rotatable bonds is 8. The lowest BCUT2D eigenvalue weighted by atomic mass is 10.3. The number of methoxy groups -OCH3 is 2. The Morgan fingerprint density at radius 1 is 1.05 bits per heavy atom. The number of piperazine rings is 1. The van der Waals surface area contributed by atoms with Crippen LogP contribution < -0.4 is 5.32 Å². The fourth-order valence-corrected chi connectivity index (χ4v) is 2.06. The minimum absolute atomic E-state index is 0.0440. The average Bonchev–Trinajstić information content (AvgIpc) is 2.45. The maximum atomic E-state index is 11.7. The predicted octanol–water partition coefficient (Wildman–Crippen LogP) is -1.07. The van der Waals surface area contributed by atoms with E-state index in [9.17, 15) is 9.59 Å². The molecule has 20 heavy (non-hydrogen) atoms. The highest BCUT2D eigenvalue weighted by Crippen LogP contribution is 2.01. The van der Waals surface area contributed by atoms with Gasteiger partial charge in [-0.05, 0) is 6.42 Å². The summed E-state index contributed by atoms with van der Waals surface area (Å²) < 4.78 is 9.56. The third kappa shape index (κ3) is 6.83. The number of esters is 1. The summed E-state index contributed by atoms with van der Waals surface area (Å²) in [5.41, 5.74) is 0. The standard InChI is InChI=1S/C13H25N3O4/c1-19-9-3-4-14-12(17)10-15-5-7-16(8-6-15)11-13(18)20-2/h3-11H2,1-2H3,(H,14,17). The summed E-state index contributed by atoms with van der Waals surface area (Å²) in [5, 5.41) is 2.87. The summed E-state index contributed by atoms with van der Waals surface area (Å²) in [6.07, 6.45) is 0.829. The van der Waals surface area contributed by atoms with Crippen LogP contribution in [-0.4, -0.2) is 88.3 Å². The number of nitrogens with zero attached hydrogens (tertiary/aromatic N) is 2. The quantitative estimate of drug-likeness (QED) is 0.453. The van der Waals surface area contributed by atoms with Crippen molar-refractivity contribution < 1.29 is 19.1 Å². The van der Waals surface area contributed by atoms with Crippen LogP contribution in [0.5, 0.6) is 0 Å². The van der Waals surface area contributed by atoms with E-state index in [2.05, 4.69) is 15.0 Å². The number of carbonyl (C=O) groups excluding carboxylic acids is 2. The van der Waals surface area contributed by atoms with E-state index in [4.69, 9.17) is 4.74 Å². The van der Waals surface area contributed by atoms with E-state index in [-0.39, 0.29) is 11.9 Å². The van der Waals surface area contributed by atoms with E-state index < -0.39 is 0 Å². The predicted molar refractivity (Wildman–Crippen MR) is 74.4 cm³/mol. The van der Waals surface area contributed by atoms with Crippen LogP contribution in [0, 0.1) is 0 Å². The zero-order valence-electron chi connectivity index (χ0n) is 12.4. The maximum Gasteiger partial charge on any atom is 0.319 e. The fraction of sp³-hybridized carbons (Fsp3) is 0.846. The summed E-state index contributed by atoms with van der Waals surface area (Å²) in [5.74, 6) is -0.170. The van der Waals surface area contributed by atoms with E-state index >= 15 is 0 Å². The van der Waals surface area contributed by atoms with Gasteiger partial charge in [0.1, 0.15) is 0 Å². The lowest BCUT2D eigenvalue weighted by molar-refractivity contribution is -0.142. The van der Waals surface area contributed by atoms with Crippen molar-refractivity contribution in [3.63, 3.8) is 0 Å². The van der Waals surface area contributed by atoms with Crippen molar-refractivity contribution in [2.45, 2.75) is 6.42 Å². The minimum Gasteiger partial charge on any atom is -0.468 e. The number of hydrogen-bond donors (Lipinski definition) is 1. The van der Waals surface area contributed by atoms with Crippen LogP contribution in [0.25, 0.3) is 0 Å². The van der Waals surface area contributed by atoms with E-state index in [1.807, 2.05) is 4.90 Å². The van der Waals surface area contributed by atoms with Gasteiger partial charge in [0.2, 0.25) is 5.91 Å². The van der Waals surface area contributed by atoms with Gasteiger partial charge in [-0.2, -0.15) is 0 Å². The summed E-state index contributed by atoms with van der Waals surface area (Å²) >= 11 is 0. The second kappa shape index (κ2) is 9.68. The third-order valence-corrected chi connectivity index (χ3v) is 3.26. The van der Waals surface area contributed by atoms with Gasteiger partial charge in [-0.3, -0.25) is 19.4 Å². The topological polar surface area (TPSA) is 71.1 Å². The molecule has 0 aromatic heterocycles. The molecule has 0 spiro atoms. The average molecular weight is 287 g/mol. The van der Waals surface area contributed by atoms with E-state index in [0.29, 0.717) is 26.2 Å². The van der Waals surface area contributed by atoms with Crippen molar-refractivity contribution in [2.75, 3.05) is 66.6 Å². The zero-order valence-corrected chi connectivity index (χ0v) is 12.4. The molecule has 0 aliphatic carbocycles. The van der Waals surface area contributed by atoms with Crippen LogP contribution in [0.4, 0.5) is 0 Å². The molecule has 7 heteroatoms. The SMILES string of the molecule is COCCCNC(=O)CN1CCN(CC(=O)OC)CC1. The Morgan fingerprint density at radius 2 is 1.65 bits per heavy atom. The summed E-state index contributed by atoms with van der Waals surface area (Å²) in [6, 6.07) is 0. The Labute approximate surface area is 120 Å². The van der Waals surface area contributed by atoms with Crippen molar-refractivity contribution in [3.8, 4) is 0 Å². The highest BCUT2D eigenvalue weighted by molar-refractivity contribution is 5.78. The van der Waals surface area contributed by atoms with Gasteiger partial charge in [-0.25, -0.2) is 0 Å². The summed E-state index contributed by atoms with van der Waals surface area (Å²) in [4.78, 5) is 27.0. The molecular formula is C13H25N3O4. The van der Waals surface area contributed by atoms with Crippen molar-refractivity contribution >= 4 is 11.9 Å². The van der Waals surface area contributed by atoms with Gasteiger partial charge >= 0.3 is 5.97 Å². The van der Waals surface area contributed by atoms with Crippen LogP contribution in [0.15, 0.2) is 0 Å². The van der Waals surface area contributed by atoms with E-state index in [1.165, 1.54) is 7.11 Å². The molecule has 0 saturated carbocycles. The first kappa shape index (κ1) is 16.9. The molecular weight excluding hydrogens is 262 g/mol. The number of ether oxygens (including phenoxy) is 2. The van der Waals surface area contributed by atoms with Gasteiger partial charge in [0.25, 0.3) is 0 Å². The van der Waals surface area contributed by atoms with Crippen LogP contribution in [0.2, 0.25) is 0 Å². The second-order valence-corrected chi connectivity index (χ2v) is 4.82. The molecule has 116 valence electrons. The Balaban J connectivity index is 2.12. The molecule has 1 rings (SSSR count). The Morgan fingerprint density at radius 3 is 2.20 bits per heavy atom. The maximum absolute atomic E-state index is 11.7. The van der Waals surface area contributed by atoms with Gasteiger partial charge in [-0.15, -0.1) is 0 Å². The van der Waals surface area contributed by atoms with Gasteiger partial charge in [-0.1, -0.05) is 0 Å². The molecule has 1 aliphatic rings. The van der Waals surface area contributed by atoms with E-state index in [1.54, 1.807) is 7.11 Å². The Kier molecular flexibility index (Phi) is 8.17. The highest BCUT2D eigenvalue weighted by Gasteiger charge is 2.20. The molecule has 1 aliphatic heterocycles. The largest absolute Gasteiger partial charge is 0.468 e. The lowest BCUT2D eigenvalue weighted by Crippen LogP contribution is -2.50. The first-order valence-electron chi connectivity index (χ1n) is 6.93. The smallest absolute Gasteiger partial charge is 0.319 e. The zero-order chi connectivity index (χ0) is 14.8. The second-order valence-electron chi connectivity index (χ2n) is 4.82. The molecule has 1 saturated heterocycles. The van der Waals surface area contributed by atoms with Crippen molar-refractivity contribution in [1.29, 1.82) is 0 Å². The molecule has 0 unspecified atom stereocenters. The molecule has 0 atom stereocenters. The molecule has 7 nitrogen and oxygen atoms in total. The Bertz CT molecular complexity index is 304. The number of nitrogens with one attached hydrogen (secondary N) is 1. The van der Waals surface area contributed by atoms with Gasteiger partial charge < -0.3 is 14.8 Å². The number of carbonyl (C=O) groups is 2. The fourth-order valence-electron chi connectivity index (χ4n) is 2.06. The molecule has 1 N–H and O–H groups in total. The summed E-state index contributed by atoms with van der Waals surface area (Å²) in [7, 11) is 3.04. The molecule has 1 heterocycles. The van der Waals surface area contributed by atoms with Crippen molar-refractivity contribution in [1.82, 2.24) is 15.1 Å². The Hall–Kier alpha value is -1.18. The monoisotopic (exact) mass is 287 g/mol. The molecule has 1 fully saturated rings. The molecule has 1 amide bonds. The van der Waals surface area contributed by atoms with Crippen LogP contribution in [-0.2, 0) is 19.1 Å². The van der Waals surface area contributed by atoms with E-state index in [0.717, 1.165) is 32.6 Å². The molecule has 0 bridgehead atoms. The van der Waals surface area contributed by atoms with Crippen molar-refractivity contribution in [2.24, 2.45) is 0 Å². The first-order valence-corrected chi connectivity index (χ1v) is 6.93. The lowest BCUT2D eigenvalue weighted by Gasteiger charge is -2.33. The van der Waals surface area contributed by atoms with Crippen LogP contribution in [0.1, 0.15) is 6.42 Å². The highest BCUT2D eigenvalue weighted by atomic mass is 16.5. The van der Waals surface area contributed by atoms with Gasteiger partial charge in [0.05, 0.1) is 20.2 Å².